The Bertz CT molecular complexity index is 491. The Morgan fingerprint density at radius 1 is 1.33 bits per heavy atom. The predicted octanol–water partition coefficient (Wildman–Crippen LogP) is 3.00. The van der Waals surface area contributed by atoms with Crippen molar-refractivity contribution in [2.24, 2.45) is 5.92 Å². The third-order valence-electron chi connectivity index (χ3n) is 2.97. The van der Waals surface area contributed by atoms with Gasteiger partial charge in [-0.3, -0.25) is 4.79 Å². The zero-order chi connectivity index (χ0) is 13.3. The van der Waals surface area contributed by atoms with Crippen LogP contribution in [-0.2, 0) is 9.53 Å². The molecule has 2 rings (SSSR count). The molecule has 0 heterocycles. The number of nitriles is 1. The molecular formula is C15H17NO2. The largest absolute Gasteiger partial charge is 0.460 e. The number of nitrogens with zero attached hydrogens (tertiary/aromatic N) is 1. The van der Waals surface area contributed by atoms with Gasteiger partial charge in [-0.1, -0.05) is 12.1 Å². The van der Waals surface area contributed by atoms with E-state index in [0.717, 1.165) is 12.0 Å². The molecule has 1 aliphatic carbocycles. The minimum atomic E-state index is -0.422. The van der Waals surface area contributed by atoms with Crippen molar-refractivity contribution in [3.8, 4) is 6.07 Å². The van der Waals surface area contributed by atoms with Gasteiger partial charge in [0.25, 0.3) is 0 Å². The lowest BCUT2D eigenvalue weighted by Crippen LogP contribution is -2.25. The topological polar surface area (TPSA) is 50.1 Å². The average molecular weight is 243 g/mol. The number of carbonyl (C=O) groups is 1. The molecule has 3 nitrogen and oxygen atoms in total. The molecule has 0 saturated heterocycles. The van der Waals surface area contributed by atoms with Crippen LogP contribution in [0.3, 0.4) is 0 Å². The third kappa shape index (κ3) is 2.89. The van der Waals surface area contributed by atoms with E-state index in [1.54, 1.807) is 12.1 Å². The van der Waals surface area contributed by atoms with E-state index in [1.165, 1.54) is 0 Å². The number of esters is 1. The SMILES string of the molecule is CC(C)(C)OC(=O)C1CC1c1ccc(C#N)cc1. The molecule has 2 unspecified atom stereocenters. The van der Waals surface area contributed by atoms with Crippen molar-refractivity contribution in [3.05, 3.63) is 35.4 Å². The molecule has 1 aromatic rings. The summed E-state index contributed by atoms with van der Waals surface area (Å²) in [4.78, 5) is 11.9. The van der Waals surface area contributed by atoms with Gasteiger partial charge in [0.2, 0.25) is 0 Å². The predicted molar refractivity (Wildman–Crippen MR) is 67.9 cm³/mol. The second kappa shape index (κ2) is 4.45. The minimum absolute atomic E-state index is 0.0165. The van der Waals surface area contributed by atoms with Crippen molar-refractivity contribution in [3.63, 3.8) is 0 Å². The molecule has 18 heavy (non-hydrogen) atoms. The Morgan fingerprint density at radius 2 is 1.94 bits per heavy atom. The lowest BCUT2D eigenvalue weighted by atomic mass is 10.1. The minimum Gasteiger partial charge on any atom is -0.460 e. The summed E-state index contributed by atoms with van der Waals surface area (Å²) in [5.74, 6) is 0.126. The van der Waals surface area contributed by atoms with E-state index in [0.29, 0.717) is 5.56 Å². The van der Waals surface area contributed by atoms with Crippen molar-refractivity contribution in [2.75, 3.05) is 0 Å². The molecule has 1 aromatic carbocycles. The standard InChI is InChI=1S/C15H17NO2/c1-15(2,3)18-14(17)13-8-12(13)11-6-4-10(9-16)5-7-11/h4-7,12-13H,8H2,1-3H3. The second-order valence-corrected chi connectivity index (χ2v) is 5.72. The molecule has 2 atom stereocenters. The van der Waals surface area contributed by atoms with Gasteiger partial charge in [-0.15, -0.1) is 0 Å². The van der Waals surface area contributed by atoms with Crippen LogP contribution in [0.2, 0.25) is 0 Å². The maximum atomic E-state index is 11.9. The normalized spacial score (nSPS) is 22.1. The van der Waals surface area contributed by atoms with Crippen LogP contribution >= 0.6 is 0 Å². The van der Waals surface area contributed by atoms with Gasteiger partial charge < -0.3 is 4.74 Å². The molecule has 1 saturated carbocycles. The molecule has 1 aliphatic rings. The summed E-state index contributed by atoms with van der Waals surface area (Å²) in [6, 6.07) is 9.52. The fraction of sp³-hybridized carbons (Fsp3) is 0.467. The van der Waals surface area contributed by atoms with Crippen LogP contribution in [0.1, 0.15) is 44.2 Å². The fourth-order valence-corrected chi connectivity index (χ4v) is 2.01. The number of rotatable bonds is 2. The lowest BCUT2D eigenvalue weighted by Gasteiger charge is -2.19. The zero-order valence-electron chi connectivity index (χ0n) is 10.9. The Morgan fingerprint density at radius 3 is 2.44 bits per heavy atom. The highest BCUT2D eigenvalue weighted by Crippen LogP contribution is 2.48. The summed E-state index contributed by atoms with van der Waals surface area (Å²) in [6.45, 7) is 5.64. The van der Waals surface area contributed by atoms with Crippen LogP contribution < -0.4 is 0 Å². The lowest BCUT2D eigenvalue weighted by molar-refractivity contribution is -0.156. The van der Waals surface area contributed by atoms with E-state index in [1.807, 2.05) is 32.9 Å². The first kappa shape index (κ1) is 12.6. The van der Waals surface area contributed by atoms with Gasteiger partial charge in [-0.25, -0.2) is 0 Å². The highest BCUT2D eigenvalue weighted by Gasteiger charge is 2.46. The average Bonchev–Trinajstić information content (AvgIpc) is 3.07. The summed E-state index contributed by atoms with van der Waals surface area (Å²) >= 11 is 0. The first-order chi connectivity index (χ1) is 8.40. The van der Waals surface area contributed by atoms with Crippen molar-refractivity contribution < 1.29 is 9.53 Å². The quantitative estimate of drug-likeness (QED) is 0.750. The van der Waals surface area contributed by atoms with Crippen molar-refractivity contribution in [1.82, 2.24) is 0 Å². The molecule has 0 spiro atoms. The first-order valence-electron chi connectivity index (χ1n) is 6.13. The van der Waals surface area contributed by atoms with E-state index in [9.17, 15) is 4.79 Å². The zero-order valence-corrected chi connectivity index (χ0v) is 10.9. The van der Waals surface area contributed by atoms with E-state index < -0.39 is 5.60 Å². The molecule has 0 amide bonds. The fourth-order valence-electron chi connectivity index (χ4n) is 2.01. The van der Waals surface area contributed by atoms with Crippen LogP contribution in [0.15, 0.2) is 24.3 Å². The van der Waals surface area contributed by atoms with E-state index >= 15 is 0 Å². The van der Waals surface area contributed by atoms with Gasteiger partial charge >= 0.3 is 5.97 Å². The molecule has 0 aliphatic heterocycles. The summed E-state index contributed by atoms with van der Waals surface area (Å²) < 4.78 is 5.37. The highest BCUT2D eigenvalue weighted by molar-refractivity contribution is 5.77. The number of hydrogen-bond acceptors (Lipinski definition) is 3. The maximum absolute atomic E-state index is 11.9. The molecule has 1 fully saturated rings. The molecular weight excluding hydrogens is 226 g/mol. The summed E-state index contributed by atoms with van der Waals surface area (Å²) in [5.41, 5.74) is 1.34. The number of ether oxygens (including phenoxy) is 1. The third-order valence-corrected chi connectivity index (χ3v) is 2.97. The number of benzene rings is 1. The van der Waals surface area contributed by atoms with Gasteiger partial charge in [0.1, 0.15) is 5.60 Å². The monoisotopic (exact) mass is 243 g/mol. The summed E-state index contributed by atoms with van der Waals surface area (Å²) in [7, 11) is 0. The van der Waals surface area contributed by atoms with Gasteiger partial charge in [0.15, 0.2) is 0 Å². The van der Waals surface area contributed by atoms with Crippen molar-refractivity contribution in [2.45, 2.75) is 38.7 Å². The summed E-state index contributed by atoms with van der Waals surface area (Å²) in [5, 5.41) is 8.73. The Hall–Kier alpha value is -1.82. The first-order valence-corrected chi connectivity index (χ1v) is 6.13. The molecule has 0 bridgehead atoms. The van der Waals surface area contributed by atoms with Crippen molar-refractivity contribution >= 4 is 5.97 Å². The number of carbonyl (C=O) groups excluding carboxylic acids is 1. The Balaban J connectivity index is 1.98. The smallest absolute Gasteiger partial charge is 0.310 e. The molecule has 0 N–H and O–H groups in total. The van der Waals surface area contributed by atoms with Gasteiger partial charge in [-0.2, -0.15) is 5.26 Å². The van der Waals surface area contributed by atoms with Gasteiger partial charge in [0, 0.05) is 0 Å². The Labute approximate surface area is 107 Å². The molecule has 3 heteroatoms. The van der Waals surface area contributed by atoms with E-state index in [2.05, 4.69) is 6.07 Å². The summed E-state index contributed by atoms with van der Waals surface area (Å²) in [6.07, 6.45) is 0.848. The molecule has 0 aromatic heterocycles. The van der Waals surface area contributed by atoms with Crippen LogP contribution in [0.4, 0.5) is 0 Å². The van der Waals surface area contributed by atoms with Crippen LogP contribution in [0, 0.1) is 17.2 Å². The van der Waals surface area contributed by atoms with Crippen LogP contribution in [0.25, 0.3) is 0 Å². The van der Waals surface area contributed by atoms with E-state index in [-0.39, 0.29) is 17.8 Å². The second-order valence-electron chi connectivity index (χ2n) is 5.72. The Kier molecular flexibility index (Phi) is 3.13. The van der Waals surface area contributed by atoms with Crippen LogP contribution in [-0.4, -0.2) is 11.6 Å². The van der Waals surface area contributed by atoms with Gasteiger partial charge in [-0.05, 0) is 50.8 Å². The maximum Gasteiger partial charge on any atom is 0.310 e. The van der Waals surface area contributed by atoms with E-state index in [4.69, 9.17) is 10.00 Å². The van der Waals surface area contributed by atoms with Crippen molar-refractivity contribution in [1.29, 1.82) is 5.26 Å². The molecule has 94 valence electrons. The van der Waals surface area contributed by atoms with Crippen LogP contribution in [0.5, 0.6) is 0 Å². The molecule has 0 radical (unpaired) electrons. The number of hydrogen-bond donors (Lipinski definition) is 0. The van der Waals surface area contributed by atoms with Gasteiger partial charge in [0.05, 0.1) is 17.6 Å². The highest BCUT2D eigenvalue weighted by atomic mass is 16.6.